The summed E-state index contributed by atoms with van der Waals surface area (Å²) in [5, 5.41) is 4.11. The molecule has 6 heteroatoms. The van der Waals surface area contributed by atoms with Crippen LogP contribution in [0.4, 0.5) is 0 Å². The molecule has 0 radical (unpaired) electrons. The van der Waals surface area contributed by atoms with Crippen LogP contribution in [0.5, 0.6) is 11.5 Å². The fourth-order valence-electron chi connectivity index (χ4n) is 5.45. The van der Waals surface area contributed by atoms with Crippen LogP contribution in [-0.2, 0) is 14.3 Å². The minimum absolute atomic E-state index is 0.0860. The number of fused-ring (bicyclic) bond motifs is 2. The third-order valence-electron chi connectivity index (χ3n) is 7.76. The van der Waals surface area contributed by atoms with Crippen LogP contribution in [0.3, 0.4) is 0 Å². The molecule has 5 aromatic carbocycles. The van der Waals surface area contributed by atoms with Crippen LogP contribution in [0.1, 0.15) is 48.9 Å². The fourth-order valence-corrected chi connectivity index (χ4v) is 5.45. The summed E-state index contributed by atoms with van der Waals surface area (Å²) >= 11 is 0. The van der Waals surface area contributed by atoms with Crippen LogP contribution in [0.2, 0.25) is 0 Å². The van der Waals surface area contributed by atoms with Crippen molar-refractivity contribution in [2.24, 2.45) is 0 Å². The summed E-state index contributed by atoms with van der Waals surface area (Å²) in [5.74, 6) is 0.992. The summed E-state index contributed by atoms with van der Waals surface area (Å²) in [5.41, 5.74) is 2.43. The van der Waals surface area contributed by atoms with E-state index in [4.69, 9.17) is 18.9 Å². The van der Waals surface area contributed by atoms with Gasteiger partial charge in [0.1, 0.15) is 11.5 Å². The molecular formula is C39H40O6. The Morgan fingerprint density at radius 1 is 0.556 bits per heavy atom. The minimum atomic E-state index is -0.324. The molecule has 0 aliphatic carbocycles. The van der Waals surface area contributed by atoms with Crippen molar-refractivity contribution in [2.45, 2.75) is 38.5 Å². The molecular weight excluding hydrogens is 564 g/mol. The van der Waals surface area contributed by atoms with Crippen molar-refractivity contribution in [1.82, 2.24) is 0 Å². The van der Waals surface area contributed by atoms with Gasteiger partial charge in [0.2, 0.25) is 0 Å². The Bertz CT molecular complexity index is 1710. The van der Waals surface area contributed by atoms with E-state index in [1.54, 1.807) is 7.11 Å². The molecule has 0 amide bonds. The van der Waals surface area contributed by atoms with Gasteiger partial charge in [0, 0.05) is 43.2 Å². The summed E-state index contributed by atoms with van der Waals surface area (Å²) < 4.78 is 23.1. The first-order chi connectivity index (χ1) is 22.2. The van der Waals surface area contributed by atoms with Crippen LogP contribution < -0.4 is 9.47 Å². The van der Waals surface area contributed by atoms with Gasteiger partial charge in [-0.05, 0) is 59.4 Å². The zero-order valence-electron chi connectivity index (χ0n) is 25.8. The van der Waals surface area contributed by atoms with Gasteiger partial charge in [0.25, 0.3) is 0 Å². The predicted molar refractivity (Wildman–Crippen MR) is 179 cm³/mol. The standard InChI is InChI=1S/C39H40O6/c1-42-27-28-43-25-11-12-26-44-35-23-21-29-13-5-7-17-32(29)38(35)39-33-18-8-6-14-30(33)22-24-36(39)45-37(41)20-10-9-19-34(40)31-15-3-2-4-16-31/h2-8,13-18,21-24H,9-12,19-20,25-28H2,1H3. The molecule has 0 spiro atoms. The number of benzene rings is 5. The monoisotopic (exact) mass is 604 g/mol. The van der Waals surface area contributed by atoms with Crippen molar-refractivity contribution in [3.05, 3.63) is 109 Å². The molecule has 0 aromatic heterocycles. The predicted octanol–water partition coefficient (Wildman–Crippen LogP) is 8.83. The number of carbonyl (C=O) groups excluding carboxylic acids is 2. The second kappa shape index (κ2) is 16.5. The van der Waals surface area contributed by atoms with Crippen LogP contribution in [-0.4, -0.2) is 45.3 Å². The maximum absolute atomic E-state index is 13.2. The van der Waals surface area contributed by atoms with Crippen LogP contribution >= 0.6 is 0 Å². The van der Waals surface area contributed by atoms with Gasteiger partial charge in [-0.2, -0.15) is 0 Å². The number of rotatable bonds is 17. The fraction of sp³-hybridized carbons (Fsp3) is 0.282. The number of unbranched alkanes of at least 4 members (excludes halogenated alkanes) is 2. The molecule has 0 saturated carbocycles. The second-order valence-electron chi connectivity index (χ2n) is 11.0. The van der Waals surface area contributed by atoms with E-state index in [1.807, 2.05) is 72.8 Å². The van der Waals surface area contributed by atoms with Crippen molar-refractivity contribution in [2.75, 3.05) is 33.5 Å². The highest BCUT2D eigenvalue weighted by Crippen LogP contribution is 2.45. The summed E-state index contributed by atoms with van der Waals surface area (Å²) in [6.45, 7) is 2.35. The van der Waals surface area contributed by atoms with Gasteiger partial charge in [0.05, 0.1) is 19.8 Å². The van der Waals surface area contributed by atoms with E-state index in [-0.39, 0.29) is 18.2 Å². The van der Waals surface area contributed by atoms with Gasteiger partial charge in [-0.1, -0.05) is 91.0 Å². The maximum Gasteiger partial charge on any atom is 0.311 e. The molecule has 5 rings (SSSR count). The van der Waals surface area contributed by atoms with Crippen molar-refractivity contribution < 1.29 is 28.5 Å². The maximum atomic E-state index is 13.2. The first kappa shape index (κ1) is 31.9. The molecule has 6 nitrogen and oxygen atoms in total. The molecule has 0 unspecified atom stereocenters. The number of methoxy groups -OCH3 is 1. The molecule has 0 saturated heterocycles. The number of carbonyl (C=O) groups is 2. The van der Waals surface area contributed by atoms with E-state index in [0.29, 0.717) is 57.0 Å². The van der Waals surface area contributed by atoms with E-state index in [2.05, 4.69) is 30.3 Å². The van der Waals surface area contributed by atoms with Gasteiger partial charge in [-0.25, -0.2) is 0 Å². The molecule has 0 N–H and O–H groups in total. The number of esters is 1. The molecule has 0 aliphatic heterocycles. The number of ketones is 1. The Hall–Kier alpha value is -4.52. The first-order valence-corrected chi connectivity index (χ1v) is 15.7. The van der Waals surface area contributed by atoms with Crippen molar-refractivity contribution in [3.8, 4) is 22.6 Å². The van der Waals surface area contributed by atoms with Crippen molar-refractivity contribution >= 4 is 33.3 Å². The Morgan fingerprint density at radius 2 is 1.16 bits per heavy atom. The van der Waals surface area contributed by atoms with E-state index >= 15 is 0 Å². The summed E-state index contributed by atoms with van der Waals surface area (Å²) in [6, 6.07) is 33.5. The molecule has 0 atom stereocenters. The van der Waals surface area contributed by atoms with Gasteiger partial charge >= 0.3 is 5.97 Å². The number of Topliss-reactive ketones (excluding diaryl/α,β-unsaturated/α-hetero) is 1. The van der Waals surface area contributed by atoms with Crippen LogP contribution in [0.15, 0.2) is 103 Å². The Labute approximate surface area is 264 Å². The molecule has 0 aliphatic rings. The lowest BCUT2D eigenvalue weighted by Gasteiger charge is -2.19. The first-order valence-electron chi connectivity index (χ1n) is 15.7. The highest BCUT2D eigenvalue weighted by molar-refractivity contribution is 6.10. The Morgan fingerprint density at radius 3 is 1.87 bits per heavy atom. The number of ether oxygens (including phenoxy) is 4. The minimum Gasteiger partial charge on any atom is -0.493 e. The van der Waals surface area contributed by atoms with E-state index in [0.717, 1.165) is 51.3 Å². The third-order valence-corrected chi connectivity index (χ3v) is 7.76. The van der Waals surface area contributed by atoms with E-state index in [9.17, 15) is 9.59 Å². The largest absolute Gasteiger partial charge is 0.493 e. The molecule has 0 fully saturated rings. The quantitative estimate of drug-likeness (QED) is 0.0457. The van der Waals surface area contributed by atoms with Crippen LogP contribution in [0.25, 0.3) is 32.7 Å². The number of hydrogen-bond acceptors (Lipinski definition) is 6. The molecule has 5 aromatic rings. The van der Waals surface area contributed by atoms with Crippen LogP contribution in [0, 0.1) is 0 Å². The van der Waals surface area contributed by atoms with Crippen molar-refractivity contribution in [3.63, 3.8) is 0 Å². The normalized spacial score (nSPS) is 11.1. The zero-order valence-corrected chi connectivity index (χ0v) is 25.8. The smallest absolute Gasteiger partial charge is 0.311 e. The molecule has 232 valence electrons. The SMILES string of the molecule is COCCOCCCCOc1ccc2ccccc2c1-c1c(OC(=O)CCCCC(=O)c2ccccc2)ccc2ccccc12. The van der Waals surface area contributed by atoms with Gasteiger partial charge in [0.15, 0.2) is 5.78 Å². The third kappa shape index (κ3) is 8.56. The molecule has 45 heavy (non-hydrogen) atoms. The van der Waals surface area contributed by atoms with Crippen molar-refractivity contribution in [1.29, 1.82) is 0 Å². The average Bonchev–Trinajstić information content (AvgIpc) is 3.08. The summed E-state index contributed by atoms with van der Waals surface area (Å²) in [4.78, 5) is 25.6. The topological polar surface area (TPSA) is 71.1 Å². The highest BCUT2D eigenvalue weighted by Gasteiger charge is 2.20. The highest BCUT2D eigenvalue weighted by atomic mass is 16.5. The lowest BCUT2D eigenvalue weighted by Crippen LogP contribution is -2.09. The number of hydrogen-bond donors (Lipinski definition) is 0. The Kier molecular flexibility index (Phi) is 11.7. The van der Waals surface area contributed by atoms with E-state index in [1.165, 1.54) is 0 Å². The van der Waals surface area contributed by atoms with Gasteiger partial charge in [-0.15, -0.1) is 0 Å². The average molecular weight is 605 g/mol. The summed E-state index contributed by atoms with van der Waals surface area (Å²) in [6.07, 6.45) is 3.52. The van der Waals surface area contributed by atoms with Gasteiger partial charge < -0.3 is 18.9 Å². The molecule has 0 heterocycles. The molecule has 0 bridgehead atoms. The Balaban J connectivity index is 1.36. The van der Waals surface area contributed by atoms with E-state index < -0.39 is 0 Å². The van der Waals surface area contributed by atoms with Gasteiger partial charge in [-0.3, -0.25) is 9.59 Å². The second-order valence-corrected chi connectivity index (χ2v) is 11.0. The lowest BCUT2D eigenvalue weighted by atomic mass is 9.92. The zero-order chi connectivity index (χ0) is 31.3. The lowest BCUT2D eigenvalue weighted by molar-refractivity contribution is -0.134. The summed E-state index contributed by atoms with van der Waals surface area (Å²) in [7, 11) is 1.66.